The van der Waals surface area contributed by atoms with Crippen LogP contribution in [-0.2, 0) is 0 Å². The van der Waals surface area contributed by atoms with Crippen LogP contribution in [0.4, 0.5) is 0 Å². The third kappa shape index (κ3) is 2.56. The highest BCUT2D eigenvalue weighted by Crippen LogP contribution is 2.35. The molecule has 0 saturated carbocycles. The smallest absolute Gasteiger partial charge is 0.114 e. The van der Waals surface area contributed by atoms with Gasteiger partial charge in [0.1, 0.15) is 17.3 Å². The van der Waals surface area contributed by atoms with E-state index in [2.05, 4.69) is 0 Å². The van der Waals surface area contributed by atoms with Gasteiger partial charge in [0.15, 0.2) is 0 Å². The number of hydrogen-bond acceptors (Lipinski definition) is 4. The molecule has 0 bridgehead atoms. The summed E-state index contributed by atoms with van der Waals surface area (Å²) < 4.78 is 16.4. The van der Waals surface area contributed by atoms with Gasteiger partial charge in [-0.15, -0.1) is 0 Å². The average molecular weight is 272 g/mol. The maximum absolute atomic E-state index is 9.62. The fraction of sp³-hybridized carbons (Fsp3) is 0.250. The van der Waals surface area contributed by atoms with Crippen molar-refractivity contribution in [1.82, 2.24) is 0 Å². The van der Waals surface area contributed by atoms with Gasteiger partial charge in [0.05, 0.1) is 31.3 Å². The molecule has 0 aliphatic rings. The third-order valence-corrected chi connectivity index (χ3v) is 3.46. The van der Waals surface area contributed by atoms with E-state index in [9.17, 15) is 5.11 Å². The molecule has 3 rings (SSSR count). The topological polar surface area (TPSA) is 59.7 Å². The Labute approximate surface area is 116 Å². The van der Waals surface area contributed by atoms with Gasteiger partial charge in [-0.1, -0.05) is 0 Å². The summed E-state index contributed by atoms with van der Waals surface area (Å²) in [5.74, 6) is 2.29. The van der Waals surface area contributed by atoms with Crippen LogP contribution in [0, 0.1) is 0 Å². The minimum absolute atomic E-state index is 0.0193. The quantitative estimate of drug-likeness (QED) is 0.742. The minimum atomic E-state index is -0.0924. The molecule has 1 unspecified atom stereocenters. The van der Waals surface area contributed by atoms with Crippen molar-refractivity contribution in [2.45, 2.75) is 18.3 Å². The van der Waals surface area contributed by atoms with E-state index in [1.165, 1.54) is 0 Å². The summed E-state index contributed by atoms with van der Waals surface area (Å²) in [6.45, 7) is 0.0193. The first kappa shape index (κ1) is 12.8. The fourth-order valence-corrected chi connectivity index (χ4v) is 2.44. The Bertz CT molecular complexity index is 559. The number of aliphatic hydroxyl groups excluding tert-OH is 1. The molecule has 20 heavy (non-hydrogen) atoms. The van der Waals surface area contributed by atoms with Gasteiger partial charge in [-0.3, -0.25) is 0 Å². The largest absolute Gasteiger partial charge is 0.469 e. The summed E-state index contributed by atoms with van der Waals surface area (Å²) in [5, 5.41) is 9.62. The molecular weight excluding hydrogens is 256 g/mol. The lowest BCUT2D eigenvalue weighted by Crippen LogP contribution is -2.10. The van der Waals surface area contributed by atoms with Crippen molar-refractivity contribution in [1.29, 1.82) is 0 Å². The van der Waals surface area contributed by atoms with Crippen molar-refractivity contribution in [3.8, 4) is 0 Å². The maximum atomic E-state index is 9.62. The first-order chi connectivity index (χ1) is 9.88. The summed E-state index contributed by atoms with van der Waals surface area (Å²) in [5.41, 5.74) is 0. The van der Waals surface area contributed by atoms with Gasteiger partial charge in [0, 0.05) is 5.92 Å². The molecule has 0 saturated heterocycles. The van der Waals surface area contributed by atoms with E-state index in [0.717, 1.165) is 17.3 Å². The second kappa shape index (κ2) is 5.84. The number of hydrogen-bond donors (Lipinski definition) is 1. The van der Waals surface area contributed by atoms with Crippen LogP contribution in [0.3, 0.4) is 0 Å². The molecule has 3 aromatic rings. The Hall–Kier alpha value is -2.20. The molecule has 0 aliphatic carbocycles. The summed E-state index contributed by atoms with van der Waals surface area (Å²) in [4.78, 5) is 0. The lowest BCUT2D eigenvalue weighted by atomic mass is 9.89. The molecule has 0 fully saturated rings. The number of aliphatic hydroxyl groups is 1. The van der Waals surface area contributed by atoms with Gasteiger partial charge >= 0.3 is 0 Å². The van der Waals surface area contributed by atoms with Crippen LogP contribution in [0.5, 0.6) is 0 Å². The van der Waals surface area contributed by atoms with Gasteiger partial charge in [-0.2, -0.15) is 0 Å². The molecule has 0 spiro atoms. The molecule has 3 aromatic heterocycles. The van der Waals surface area contributed by atoms with Crippen LogP contribution in [0.2, 0.25) is 0 Å². The normalized spacial score (nSPS) is 12.9. The summed E-state index contributed by atoms with van der Waals surface area (Å²) >= 11 is 0. The molecule has 0 aliphatic heterocycles. The van der Waals surface area contributed by atoms with Gasteiger partial charge in [-0.25, -0.2) is 0 Å². The second-order valence-corrected chi connectivity index (χ2v) is 4.71. The molecule has 4 heteroatoms. The van der Waals surface area contributed by atoms with Crippen molar-refractivity contribution in [2.24, 2.45) is 0 Å². The van der Waals surface area contributed by atoms with Crippen molar-refractivity contribution >= 4 is 0 Å². The van der Waals surface area contributed by atoms with Crippen LogP contribution in [0.25, 0.3) is 0 Å². The van der Waals surface area contributed by atoms with Crippen molar-refractivity contribution in [3.63, 3.8) is 0 Å². The summed E-state index contributed by atoms with van der Waals surface area (Å²) in [6.07, 6.45) is 5.57. The first-order valence-corrected chi connectivity index (χ1v) is 6.59. The Morgan fingerprint density at radius 1 is 0.800 bits per heavy atom. The monoisotopic (exact) mass is 272 g/mol. The van der Waals surface area contributed by atoms with E-state index in [-0.39, 0.29) is 18.4 Å². The predicted octanol–water partition coefficient (Wildman–Crippen LogP) is 3.76. The third-order valence-electron chi connectivity index (χ3n) is 3.46. The van der Waals surface area contributed by atoms with E-state index in [4.69, 9.17) is 13.3 Å². The Morgan fingerprint density at radius 2 is 1.30 bits per heavy atom. The lowest BCUT2D eigenvalue weighted by molar-refractivity contribution is 0.233. The predicted molar refractivity (Wildman–Crippen MR) is 72.4 cm³/mol. The molecule has 1 N–H and O–H groups in total. The molecule has 1 atom stereocenters. The highest BCUT2D eigenvalue weighted by molar-refractivity contribution is 5.21. The zero-order valence-electron chi connectivity index (χ0n) is 10.9. The van der Waals surface area contributed by atoms with Gasteiger partial charge < -0.3 is 18.4 Å². The molecule has 0 radical (unpaired) electrons. The first-order valence-electron chi connectivity index (χ1n) is 6.59. The van der Waals surface area contributed by atoms with E-state index >= 15 is 0 Å². The lowest BCUT2D eigenvalue weighted by Gasteiger charge is -2.17. The van der Waals surface area contributed by atoms with Gasteiger partial charge in [0.25, 0.3) is 0 Å². The average Bonchev–Trinajstić information content (AvgIpc) is 3.23. The SMILES string of the molecule is OCC(CC(c1ccco1)c1ccco1)c1ccco1. The molecule has 3 heterocycles. The van der Waals surface area contributed by atoms with E-state index < -0.39 is 0 Å². The van der Waals surface area contributed by atoms with Gasteiger partial charge in [0.2, 0.25) is 0 Å². The van der Waals surface area contributed by atoms with Crippen molar-refractivity contribution in [2.75, 3.05) is 6.61 Å². The summed E-state index contributed by atoms with van der Waals surface area (Å²) in [6, 6.07) is 11.3. The maximum Gasteiger partial charge on any atom is 0.114 e. The summed E-state index contributed by atoms with van der Waals surface area (Å²) in [7, 11) is 0. The molecular formula is C16H16O4. The zero-order chi connectivity index (χ0) is 13.8. The fourth-order valence-electron chi connectivity index (χ4n) is 2.44. The van der Waals surface area contributed by atoms with Gasteiger partial charge in [-0.05, 0) is 42.8 Å². The van der Waals surface area contributed by atoms with E-state index in [1.807, 2.05) is 36.4 Å². The highest BCUT2D eigenvalue weighted by Gasteiger charge is 2.26. The van der Waals surface area contributed by atoms with Crippen molar-refractivity contribution < 1.29 is 18.4 Å². The van der Waals surface area contributed by atoms with Crippen LogP contribution in [-0.4, -0.2) is 11.7 Å². The Balaban J connectivity index is 1.87. The van der Waals surface area contributed by atoms with E-state index in [0.29, 0.717) is 6.42 Å². The number of rotatable bonds is 6. The van der Waals surface area contributed by atoms with Crippen LogP contribution < -0.4 is 0 Å². The van der Waals surface area contributed by atoms with Crippen LogP contribution >= 0.6 is 0 Å². The number of furan rings is 3. The van der Waals surface area contributed by atoms with E-state index in [1.54, 1.807) is 18.8 Å². The molecule has 4 nitrogen and oxygen atoms in total. The molecule has 0 aromatic carbocycles. The van der Waals surface area contributed by atoms with Crippen molar-refractivity contribution in [3.05, 3.63) is 72.5 Å². The molecule has 104 valence electrons. The van der Waals surface area contributed by atoms with Crippen LogP contribution in [0.15, 0.2) is 68.4 Å². The minimum Gasteiger partial charge on any atom is -0.469 e. The standard InChI is InChI=1S/C16H16O4/c17-11-12(14-4-1-7-18-14)10-13(15-5-2-8-19-15)16-6-3-9-20-16/h1-9,12-13,17H,10-11H2. The Morgan fingerprint density at radius 3 is 1.70 bits per heavy atom. The zero-order valence-corrected chi connectivity index (χ0v) is 10.9. The van der Waals surface area contributed by atoms with Crippen LogP contribution in [0.1, 0.15) is 35.5 Å². The highest BCUT2D eigenvalue weighted by atomic mass is 16.3. The molecule has 0 amide bonds. The second-order valence-electron chi connectivity index (χ2n) is 4.71. The Kier molecular flexibility index (Phi) is 3.74.